The topological polar surface area (TPSA) is 71.1 Å². The minimum absolute atomic E-state index is 0.209. The van der Waals surface area contributed by atoms with Gasteiger partial charge in [-0.1, -0.05) is 0 Å². The molecule has 0 aliphatic rings. The highest BCUT2D eigenvalue weighted by atomic mass is 16.5. The Balaban J connectivity index is 2.85. The highest BCUT2D eigenvalue weighted by molar-refractivity contribution is 6.04. The first kappa shape index (κ1) is 15.6. The van der Waals surface area contributed by atoms with Crippen LogP contribution in [-0.4, -0.2) is 33.3 Å². The van der Waals surface area contributed by atoms with Crippen molar-refractivity contribution in [3.63, 3.8) is 0 Å². The molecule has 0 amide bonds. The first-order valence-corrected chi connectivity index (χ1v) is 6.47. The van der Waals surface area contributed by atoms with Crippen molar-refractivity contribution in [1.29, 1.82) is 0 Å². The molecule has 0 heterocycles. The molecule has 0 radical (unpaired) electrons. The van der Waals surface area contributed by atoms with E-state index in [9.17, 15) is 9.59 Å². The molecule has 0 spiro atoms. The van der Waals surface area contributed by atoms with E-state index in [2.05, 4.69) is 0 Å². The highest BCUT2D eigenvalue weighted by Gasteiger charge is 2.18. The van der Waals surface area contributed by atoms with E-state index in [1.165, 1.54) is 34.3 Å². The van der Waals surface area contributed by atoms with E-state index < -0.39 is 11.9 Å². The van der Waals surface area contributed by atoms with Gasteiger partial charge in [-0.05, 0) is 24.3 Å². The fourth-order valence-corrected chi connectivity index (χ4v) is 2.21. The summed E-state index contributed by atoms with van der Waals surface area (Å²) < 4.78 is 20.6. The summed E-state index contributed by atoms with van der Waals surface area (Å²) in [5.74, 6) is 0.188. The van der Waals surface area contributed by atoms with Crippen LogP contribution in [-0.2, 0) is 9.53 Å². The van der Waals surface area contributed by atoms with Gasteiger partial charge in [0.25, 0.3) is 0 Å². The SMILES string of the molecule is COC(=O)c1cc(OC(C)=O)c2c(OC)ccc(OC)c2c1. The van der Waals surface area contributed by atoms with Gasteiger partial charge in [-0.2, -0.15) is 0 Å². The van der Waals surface area contributed by atoms with Gasteiger partial charge in [-0.25, -0.2) is 4.79 Å². The van der Waals surface area contributed by atoms with E-state index in [0.29, 0.717) is 22.3 Å². The fourth-order valence-electron chi connectivity index (χ4n) is 2.21. The zero-order valence-corrected chi connectivity index (χ0v) is 12.8. The summed E-state index contributed by atoms with van der Waals surface area (Å²) in [6, 6.07) is 6.46. The maximum atomic E-state index is 11.8. The van der Waals surface area contributed by atoms with Gasteiger partial charge in [0.15, 0.2) is 0 Å². The average molecular weight is 304 g/mol. The van der Waals surface area contributed by atoms with E-state index in [1.807, 2.05) is 0 Å². The van der Waals surface area contributed by atoms with Crippen molar-refractivity contribution in [3.05, 3.63) is 29.8 Å². The van der Waals surface area contributed by atoms with Gasteiger partial charge in [0.2, 0.25) is 0 Å². The van der Waals surface area contributed by atoms with Crippen LogP contribution in [0, 0.1) is 0 Å². The van der Waals surface area contributed by atoms with Crippen LogP contribution in [0.15, 0.2) is 24.3 Å². The second-order valence-corrected chi connectivity index (χ2v) is 4.45. The summed E-state index contributed by atoms with van der Waals surface area (Å²) in [7, 11) is 4.30. The number of carbonyl (C=O) groups excluding carboxylic acids is 2. The Morgan fingerprint density at radius 1 is 0.909 bits per heavy atom. The van der Waals surface area contributed by atoms with Gasteiger partial charge in [0.1, 0.15) is 17.2 Å². The minimum atomic E-state index is -0.542. The third-order valence-electron chi connectivity index (χ3n) is 3.11. The number of hydrogen-bond acceptors (Lipinski definition) is 6. The van der Waals surface area contributed by atoms with E-state index in [1.54, 1.807) is 18.2 Å². The molecule has 116 valence electrons. The number of hydrogen-bond donors (Lipinski definition) is 0. The Hall–Kier alpha value is -2.76. The van der Waals surface area contributed by atoms with Crippen molar-refractivity contribution in [2.75, 3.05) is 21.3 Å². The molecule has 6 nitrogen and oxygen atoms in total. The zero-order chi connectivity index (χ0) is 16.3. The number of rotatable bonds is 4. The predicted molar refractivity (Wildman–Crippen MR) is 79.7 cm³/mol. The smallest absolute Gasteiger partial charge is 0.338 e. The molecule has 0 unspecified atom stereocenters. The first-order valence-electron chi connectivity index (χ1n) is 6.47. The molecule has 2 aromatic carbocycles. The molecule has 2 aromatic rings. The quantitative estimate of drug-likeness (QED) is 0.638. The normalized spacial score (nSPS) is 10.2. The molecule has 0 bridgehead atoms. The lowest BCUT2D eigenvalue weighted by Crippen LogP contribution is -2.06. The van der Waals surface area contributed by atoms with Gasteiger partial charge in [-0.3, -0.25) is 4.79 Å². The number of esters is 2. The molecule has 0 aliphatic carbocycles. The summed E-state index contributed by atoms with van der Waals surface area (Å²) in [5, 5.41) is 1.13. The fraction of sp³-hybridized carbons (Fsp3) is 0.250. The molecule has 6 heteroatoms. The Morgan fingerprint density at radius 3 is 2.09 bits per heavy atom. The van der Waals surface area contributed by atoms with Gasteiger partial charge in [0, 0.05) is 12.3 Å². The summed E-state index contributed by atoms with van der Waals surface area (Å²) in [5.41, 5.74) is 0.248. The van der Waals surface area contributed by atoms with Gasteiger partial charge in [-0.15, -0.1) is 0 Å². The molecule has 0 aromatic heterocycles. The third kappa shape index (κ3) is 2.81. The lowest BCUT2D eigenvalue weighted by Gasteiger charge is -2.14. The van der Waals surface area contributed by atoms with Crippen molar-refractivity contribution in [2.24, 2.45) is 0 Å². The minimum Gasteiger partial charge on any atom is -0.496 e. The van der Waals surface area contributed by atoms with Gasteiger partial charge >= 0.3 is 11.9 Å². The number of methoxy groups -OCH3 is 3. The lowest BCUT2D eigenvalue weighted by molar-refractivity contribution is -0.131. The third-order valence-corrected chi connectivity index (χ3v) is 3.11. The maximum absolute atomic E-state index is 11.8. The Bertz CT molecular complexity index is 735. The zero-order valence-electron chi connectivity index (χ0n) is 12.8. The van der Waals surface area contributed by atoms with E-state index in [0.717, 1.165) is 0 Å². The Labute approximate surface area is 127 Å². The van der Waals surface area contributed by atoms with E-state index >= 15 is 0 Å². The molecule has 0 N–H and O–H groups in total. The average Bonchev–Trinajstić information content (AvgIpc) is 2.52. The van der Waals surface area contributed by atoms with Crippen LogP contribution in [0.5, 0.6) is 17.2 Å². The molecular weight excluding hydrogens is 288 g/mol. The highest BCUT2D eigenvalue weighted by Crippen LogP contribution is 2.40. The van der Waals surface area contributed by atoms with Crippen molar-refractivity contribution in [3.8, 4) is 17.2 Å². The molecule has 0 atom stereocenters. The van der Waals surface area contributed by atoms with Crippen molar-refractivity contribution < 1.29 is 28.5 Å². The number of carbonyl (C=O) groups is 2. The standard InChI is InChI=1S/C16H16O6/c1-9(17)22-14-8-10(16(18)21-4)7-11-12(19-2)5-6-13(20-3)15(11)14/h5-8H,1-4H3. The molecular formula is C16H16O6. The Morgan fingerprint density at radius 2 is 1.55 bits per heavy atom. The lowest BCUT2D eigenvalue weighted by atomic mass is 10.0. The number of benzene rings is 2. The summed E-state index contributed by atoms with van der Waals surface area (Å²) >= 11 is 0. The molecule has 0 fully saturated rings. The Kier molecular flexibility index (Phi) is 4.50. The van der Waals surface area contributed by atoms with E-state index in [-0.39, 0.29) is 11.3 Å². The molecule has 22 heavy (non-hydrogen) atoms. The molecule has 0 saturated heterocycles. The van der Waals surface area contributed by atoms with Crippen molar-refractivity contribution in [1.82, 2.24) is 0 Å². The summed E-state index contributed by atoms with van der Waals surface area (Å²) in [6.07, 6.45) is 0. The summed E-state index contributed by atoms with van der Waals surface area (Å²) in [6.45, 7) is 1.28. The van der Waals surface area contributed by atoms with Crippen LogP contribution in [0.2, 0.25) is 0 Å². The van der Waals surface area contributed by atoms with E-state index in [4.69, 9.17) is 18.9 Å². The summed E-state index contributed by atoms with van der Waals surface area (Å²) in [4.78, 5) is 23.2. The monoisotopic (exact) mass is 304 g/mol. The second kappa shape index (κ2) is 6.34. The predicted octanol–water partition coefficient (Wildman–Crippen LogP) is 2.57. The van der Waals surface area contributed by atoms with Crippen LogP contribution in [0.1, 0.15) is 17.3 Å². The molecule has 2 rings (SSSR count). The first-order chi connectivity index (χ1) is 10.5. The van der Waals surface area contributed by atoms with Crippen molar-refractivity contribution in [2.45, 2.75) is 6.92 Å². The van der Waals surface area contributed by atoms with Crippen molar-refractivity contribution >= 4 is 22.7 Å². The maximum Gasteiger partial charge on any atom is 0.338 e. The number of ether oxygens (including phenoxy) is 4. The van der Waals surface area contributed by atoms with Gasteiger partial charge in [0.05, 0.1) is 32.3 Å². The van der Waals surface area contributed by atoms with Crippen LogP contribution >= 0.6 is 0 Å². The van der Waals surface area contributed by atoms with Crippen LogP contribution in [0.25, 0.3) is 10.8 Å². The second-order valence-electron chi connectivity index (χ2n) is 4.45. The largest absolute Gasteiger partial charge is 0.496 e. The van der Waals surface area contributed by atoms with Crippen LogP contribution < -0.4 is 14.2 Å². The van der Waals surface area contributed by atoms with Crippen LogP contribution in [0.3, 0.4) is 0 Å². The van der Waals surface area contributed by atoms with Crippen LogP contribution in [0.4, 0.5) is 0 Å². The number of fused-ring (bicyclic) bond motifs is 1. The molecule has 0 saturated carbocycles. The molecule has 0 aliphatic heterocycles. The van der Waals surface area contributed by atoms with Gasteiger partial charge < -0.3 is 18.9 Å².